The Labute approximate surface area is 189 Å². The Morgan fingerprint density at radius 1 is 0.344 bits per heavy atom. The molecule has 3 aliphatic rings. The van der Waals surface area contributed by atoms with Gasteiger partial charge in [0.05, 0.1) is 0 Å². The van der Waals surface area contributed by atoms with Crippen LogP contribution in [0, 0.1) is 0 Å². The van der Waals surface area contributed by atoms with Crippen LogP contribution in [0.3, 0.4) is 0 Å². The van der Waals surface area contributed by atoms with Crippen LogP contribution in [0.2, 0.25) is 0 Å². The Hall–Kier alpha value is -3.91. The van der Waals surface area contributed by atoms with Gasteiger partial charge in [-0.2, -0.15) is 0 Å². The second kappa shape index (κ2) is 6.80. The molecular formula is C28H20B2N2. The molecule has 0 saturated heterocycles. The van der Waals surface area contributed by atoms with Gasteiger partial charge in [-0.25, -0.2) is 0 Å². The topological polar surface area (TPSA) is 6.48 Å². The lowest BCUT2D eigenvalue weighted by Crippen LogP contribution is -2.53. The third kappa shape index (κ3) is 2.44. The molecule has 0 fully saturated rings. The fraction of sp³-hybridized carbons (Fsp3) is 0. The first-order valence-corrected chi connectivity index (χ1v) is 11.2. The maximum atomic E-state index is 2.34. The fourth-order valence-electron chi connectivity index (χ4n) is 5.65. The van der Waals surface area contributed by atoms with Gasteiger partial charge in [0.15, 0.2) is 0 Å². The molecule has 0 aliphatic carbocycles. The van der Waals surface area contributed by atoms with Crippen LogP contribution in [0.4, 0.5) is 0 Å². The largest absolute Gasteiger partial charge is 0.387 e. The van der Waals surface area contributed by atoms with E-state index in [1.807, 2.05) is 0 Å². The molecular weight excluding hydrogens is 386 g/mol. The van der Waals surface area contributed by atoms with Crippen molar-refractivity contribution in [2.24, 2.45) is 0 Å². The molecule has 4 aromatic carbocycles. The highest BCUT2D eigenvalue weighted by Crippen LogP contribution is 2.27. The van der Waals surface area contributed by atoms with Gasteiger partial charge in [-0.05, 0) is 44.1 Å². The van der Waals surface area contributed by atoms with Crippen LogP contribution in [-0.2, 0) is 0 Å². The van der Waals surface area contributed by atoms with Crippen LogP contribution in [0.1, 0.15) is 0 Å². The molecule has 148 valence electrons. The second-order valence-electron chi connectivity index (χ2n) is 8.64. The minimum atomic E-state index is 0.209. The highest BCUT2D eigenvalue weighted by atomic mass is 15.1. The molecule has 3 aliphatic heterocycles. The van der Waals surface area contributed by atoms with Gasteiger partial charge in [0.2, 0.25) is 0 Å². The lowest BCUT2D eigenvalue weighted by Gasteiger charge is -2.31. The molecule has 0 N–H and O–H groups in total. The Bertz CT molecular complexity index is 1210. The van der Waals surface area contributed by atoms with Crippen molar-refractivity contribution in [2.45, 2.75) is 0 Å². The summed E-state index contributed by atoms with van der Waals surface area (Å²) in [4.78, 5) is 4.68. The first-order chi connectivity index (χ1) is 15.9. The Balaban J connectivity index is 1.26. The van der Waals surface area contributed by atoms with Gasteiger partial charge in [0, 0.05) is 24.8 Å². The summed E-state index contributed by atoms with van der Waals surface area (Å²) in [6, 6.07) is 35.1. The summed E-state index contributed by atoms with van der Waals surface area (Å²) in [5, 5.41) is 0. The summed E-state index contributed by atoms with van der Waals surface area (Å²) < 4.78 is 0. The number of hydrogen-bond donors (Lipinski definition) is 0. The normalized spacial score (nSPS) is 15.0. The quantitative estimate of drug-likeness (QED) is 0.473. The Morgan fingerprint density at radius 3 is 0.875 bits per heavy atom. The number of benzene rings is 4. The standard InChI is InChI=1S/C28H20B2N2/c1-5-13-25-21(9-1)22-10-2-6-14-26(22)29(25)31-17-19-32(20-18-31)30-27-15-7-3-11-23(27)24-12-4-8-16-28(24)30/h1-20H. The van der Waals surface area contributed by atoms with Gasteiger partial charge in [-0.1, -0.05) is 97.1 Å². The first-order valence-electron chi connectivity index (χ1n) is 11.2. The predicted octanol–water partition coefficient (Wildman–Crippen LogP) is 3.12. The first kappa shape index (κ1) is 17.7. The van der Waals surface area contributed by atoms with E-state index in [1.54, 1.807) is 0 Å². The summed E-state index contributed by atoms with van der Waals surface area (Å²) >= 11 is 0. The zero-order chi connectivity index (χ0) is 21.1. The zero-order valence-corrected chi connectivity index (χ0v) is 17.6. The van der Waals surface area contributed by atoms with Crippen molar-refractivity contribution in [3.05, 3.63) is 122 Å². The second-order valence-corrected chi connectivity index (χ2v) is 8.64. The van der Waals surface area contributed by atoms with Crippen molar-refractivity contribution in [3.63, 3.8) is 0 Å². The molecule has 0 unspecified atom stereocenters. The van der Waals surface area contributed by atoms with Gasteiger partial charge in [-0.3, -0.25) is 0 Å². The van der Waals surface area contributed by atoms with E-state index < -0.39 is 0 Å². The molecule has 4 heteroatoms. The van der Waals surface area contributed by atoms with Crippen LogP contribution >= 0.6 is 0 Å². The third-order valence-electron chi connectivity index (χ3n) is 7.02. The summed E-state index contributed by atoms with van der Waals surface area (Å²) in [7, 11) is 0. The zero-order valence-electron chi connectivity index (χ0n) is 17.6. The van der Waals surface area contributed by atoms with E-state index in [2.05, 4.69) is 131 Å². The SMILES string of the molecule is C1=CN(B2c3ccccc3-c3ccccc32)C=CN1B1c2ccccc2-c2ccccc21. The molecule has 3 heterocycles. The molecule has 0 aromatic heterocycles. The summed E-state index contributed by atoms with van der Waals surface area (Å²) in [5.41, 5.74) is 10.8. The van der Waals surface area contributed by atoms with Gasteiger partial charge in [-0.15, -0.1) is 0 Å². The van der Waals surface area contributed by atoms with Gasteiger partial charge < -0.3 is 9.62 Å². The molecule has 0 atom stereocenters. The highest BCUT2D eigenvalue weighted by molar-refractivity contribution is 6.88. The van der Waals surface area contributed by atoms with Gasteiger partial charge >= 0.3 is 13.7 Å². The average Bonchev–Trinajstić information content (AvgIpc) is 3.38. The van der Waals surface area contributed by atoms with Crippen LogP contribution in [0.25, 0.3) is 22.3 Å². The molecule has 0 spiro atoms. The maximum absolute atomic E-state index is 2.34. The van der Waals surface area contributed by atoms with E-state index >= 15 is 0 Å². The molecule has 0 bridgehead atoms. The smallest absolute Gasteiger partial charge is 0.328 e. The molecule has 32 heavy (non-hydrogen) atoms. The van der Waals surface area contributed by atoms with E-state index in [4.69, 9.17) is 0 Å². The van der Waals surface area contributed by atoms with Crippen molar-refractivity contribution >= 4 is 35.5 Å². The number of fused-ring (bicyclic) bond motifs is 6. The minimum Gasteiger partial charge on any atom is -0.387 e. The van der Waals surface area contributed by atoms with Crippen LogP contribution < -0.4 is 21.9 Å². The summed E-state index contributed by atoms with van der Waals surface area (Å²) in [6.45, 7) is 0.417. The number of hydrogen-bond acceptors (Lipinski definition) is 2. The Kier molecular flexibility index (Phi) is 3.77. The lowest BCUT2D eigenvalue weighted by molar-refractivity contribution is 0.674. The van der Waals surface area contributed by atoms with Crippen LogP contribution in [0.15, 0.2) is 122 Å². The molecule has 4 aromatic rings. The van der Waals surface area contributed by atoms with Crippen LogP contribution in [-0.4, -0.2) is 23.3 Å². The Morgan fingerprint density at radius 2 is 0.594 bits per heavy atom. The van der Waals surface area contributed by atoms with Gasteiger partial charge in [0.25, 0.3) is 0 Å². The van der Waals surface area contributed by atoms with Crippen molar-refractivity contribution < 1.29 is 0 Å². The molecule has 0 amide bonds. The van der Waals surface area contributed by atoms with Crippen LogP contribution in [0.5, 0.6) is 0 Å². The number of rotatable bonds is 2. The van der Waals surface area contributed by atoms with Crippen molar-refractivity contribution in [1.82, 2.24) is 9.62 Å². The minimum absolute atomic E-state index is 0.209. The monoisotopic (exact) mass is 406 g/mol. The molecule has 0 saturated carbocycles. The van der Waals surface area contributed by atoms with E-state index in [0.29, 0.717) is 0 Å². The summed E-state index contributed by atoms with van der Waals surface area (Å²) in [5.74, 6) is 0. The fourth-order valence-corrected chi connectivity index (χ4v) is 5.65. The highest BCUT2D eigenvalue weighted by Gasteiger charge is 2.38. The average molecular weight is 406 g/mol. The van der Waals surface area contributed by atoms with E-state index in [9.17, 15) is 0 Å². The van der Waals surface area contributed by atoms with Crippen molar-refractivity contribution in [3.8, 4) is 22.3 Å². The van der Waals surface area contributed by atoms with Crippen molar-refractivity contribution in [2.75, 3.05) is 0 Å². The lowest BCUT2D eigenvalue weighted by atomic mass is 9.51. The number of nitrogens with zero attached hydrogens (tertiary/aromatic N) is 2. The van der Waals surface area contributed by atoms with Gasteiger partial charge in [0.1, 0.15) is 0 Å². The molecule has 2 nitrogen and oxygen atoms in total. The molecule has 0 radical (unpaired) electrons. The predicted molar refractivity (Wildman–Crippen MR) is 136 cm³/mol. The van der Waals surface area contributed by atoms with Crippen molar-refractivity contribution in [1.29, 1.82) is 0 Å². The van der Waals surface area contributed by atoms with E-state index in [-0.39, 0.29) is 13.7 Å². The van der Waals surface area contributed by atoms with E-state index in [0.717, 1.165) is 0 Å². The third-order valence-corrected chi connectivity index (χ3v) is 7.02. The molecule has 7 rings (SSSR count). The maximum Gasteiger partial charge on any atom is 0.328 e. The summed E-state index contributed by atoms with van der Waals surface area (Å²) in [6.07, 6.45) is 8.92. The van der Waals surface area contributed by atoms with E-state index in [1.165, 1.54) is 44.1 Å².